The summed E-state index contributed by atoms with van der Waals surface area (Å²) in [6.45, 7) is -0.225. The summed E-state index contributed by atoms with van der Waals surface area (Å²) in [5.41, 5.74) is -2.40. The molecule has 2 N–H and O–H groups in total. The van der Waals surface area contributed by atoms with E-state index in [9.17, 15) is 22.8 Å². The first-order chi connectivity index (χ1) is 9.28. The number of rotatable bonds is 2. The van der Waals surface area contributed by atoms with Gasteiger partial charge in [-0.1, -0.05) is 0 Å². The number of carbonyl (C=O) groups excluding carboxylic acids is 1. The molecule has 0 aliphatic carbocycles. The Morgan fingerprint density at radius 2 is 2.05 bits per heavy atom. The molecule has 0 radical (unpaired) electrons. The summed E-state index contributed by atoms with van der Waals surface area (Å²) >= 11 is 0. The SMILES string of the molecule is O=C(O)C1CCCN(C(=O)C2(C(F)(F)F)CCNC2)C1. The summed E-state index contributed by atoms with van der Waals surface area (Å²) in [6, 6.07) is 0. The Morgan fingerprint density at radius 3 is 2.55 bits per heavy atom. The van der Waals surface area contributed by atoms with Crippen molar-refractivity contribution in [1.82, 2.24) is 10.2 Å². The monoisotopic (exact) mass is 294 g/mol. The first-order valence-electron chi connectivity index (χ1n) is 6.57. The third-order valence-corrected chi connectivity index (χ3v) is 4.17. The number of alkyl halides is 3. The Labute approximate surface area is 114 Å². The lowest BCUT2D eigenvalue weighted by atomic mass is 9.83. The molecule has 0 saturated carbocycles. The van der Waals surface area contributed by atoms with Crippen molar-refractivity contribution in [3.63, 3.8) is 0 Å². The zero-order valence-corrected chi connectivity index (χ0v) is 10.9. The second-order valence-corrected chi connectivity index (χ2v) is 5.44. The molecular weight excluding hydrogens is 277 g/mol. The van der Waals surface area contributed by atoms with Crippen LogP contribution in [0.15, 0.2) is 0 Å². The van der Waals surface area contributed by atoms with Crippen molar-refractivity contribution in [2.75, 3.05) is 26.2 Å². The van der Waals surface area contributed by atoms with Crippen LogP contribution in [0.5, 0.6) is 0 Å². The molecule has 0 aromatic carbocycles. The number of nitrogens with zero attached hydrogens (tertiary/aromatic N) is 1. The van der Waals surface area contributed by atoms with Crippen LogP contribution < -0.4 is 5.32 Å². The zero-order chi connectivity index (χ0) is 15.0. The van der Waals surface area contributed by atoms with Crippen molar-refractivity contribution >= 4 is 11.9 Å². The summed E-state index contributed by atoms with van der Waals surface area (Å²) in [4.78, 5) is 24.3. The number of hydrogen-bond acceptors (Lipinski definition) is 3. The molecule has 2 heterocycles. The largest absolute Gasteiger partial charge is 0.481 e. The van der Waals surface area contributed by atoms with E-state index in [4.69, 9.17) is 5.11 Å². The second kappa shape index (κ2) is 5.23. The van der Waals surface area contributed by atoms with Gasteiger partial charge in [-0.05, 0) is 25.8 Å². The Morgan fingerprint density at radius 1 is 1.35 bits per heavy atom. The fourth-order valence-electron chi connectivity index (χ4n) is 2.90. The zero-order valence-electron chi connectivity index (χ0n) is 10.9. The van der Waals surface area contributed by atoms with Crippen LogP contribution in [0.2, 0.25) is 0 Å². The highest BCUT2D eigenvalue weighted by atomic mass is 19.4. The van der Waals surface area contributed by atoms with E-state index in [1.54, 1.807) is 0 Å². The molecule has 2 unspecified atom stereocenters. The number of aliphatic carboxylic acids is 1. The molecule has 2 atom stereocenters. The number of hydrogen-bond donors (Lipinski definition) is 2. The Balaban J connectivity index is 2.18. The molecule has 0 aromatic heterocycles. The predicted molar refractivity (Wildman–Crippen MR) is 62.9 cm³/mol. The van der Waals surface area contributed by atoms with Crippen LogP contribution in [0.4, 0.5) is 13.2 Å². The third-order valence-electron chi connectivity index (χ3n) is 4.17. The fraction of sp³-hybridized carbons (Fsp3) is 0.833. The topological polar surface area (TPSA) is 69.6 Å². The van der Waals surface area contributed by atoms with Crippen LogP contribution in [-0.2, 0) is 9.59 Å². The van der Waals surface area contributed by atoms with Crippen molar-refractivity contribution < 1.29 is 27.9 Å². The third kappa shape index (κ3) is 2.48. The first-order valence-corrected chi connectivity index (χ1v) is 6.57. The minimum atomic E-state index is -4.62. The van der Waals surface area contributed by atoms with Gasteiger partial charge in [0.05, 0.1) is 5.92 Å². The lowest BCUT2D eigenvalue weighted by molar-refractivity contribution is -0.222. The highest BCUT2D eigenvalue weighted by Gasteiger charge is 2.62. The Hall–Kier alpha value is -1.31. The van der Waals surface area contributed by atoms with Crippen LogP contribution in [-0.4, -0.2) is 54.2 Å². The average Bonchev–Trinajstić information content (AvgIpc) is 2.88. The molecule has 0 bridgehead atoms. The first kappa shape index (κ1) is 15.1. The molecule has 2 rings (SSSR count). The van der Waals surface area contributed by atoms with E-state index in [1.165, 1.54) is 0 Å². The van der Waals surface area contributed by atoms with E-state index in [1.807, 2.05) is 0 Å². The number of amides is 1. The molecule has 114 valence electrons. The van der Waals surface area contributed by atoms with Gasteiger partial charge in [-0.15, -0.1) is 0 Å². The molecule has 2 aliphatic heterocycles. The Kier molecular flexibility index (Phi) is 3.95. The van der Waals surface area contributed by atoms with E-state index in [0.717, 1.165) is 4.90 Å². The van der Waals surface area contributed by atoms with Gasteiger partial charge in [-0.2, -0.15) is 13.2 Å². The minimum Gasteiger partial charge on any atom is -0.481 e. The van der Waals surface area contributed by atoms with Gasteiger partial charge in [0.2, 0.25) is 5.91 Å². The number of carbonyl (C=O) groups is 2. The van der Waals surface area contributed by atoms with Gasteiger partial charge in [0.15, 0.2) is 5.41 Å². The summed E-state index contributed by atoms with van der Waals surface area (Å²) < 4.78 is 39.8. The molecule has 8 heteroatoms. The maximum absolute atomic E-state index is 13.3. The number of nitrogens with one attached hydrogen (secondary N) is 1. The summed E-state index contributed by atoms with van der Waals surface area (Å²) in [5.74, 6) is -2.82. The van der Waals surface area contributed by atoms with E-state index >= 15 is 0 Å². The van der Waals surface area contributed by atoms with Crippen molar-refractivity contribution in [3.8, 4) is 0 Å². The summed E-state index contributed by atoms with van der Waals surface area (Å²) in [6.07, 6.45) is -4.09. The number of halogens is 3. The lowest BCUT2D eigenvalue weighted by Crippen LogP contribution is -2.56. The molecule has 5 nitrogen and oxygen atoms in total. The molecule has 2 saturated heterocycles. The van der Waals surface area contributed by atoms with Crippen LogP contribution in [0.1, 0.15) is 19.3 Å². The highest BCUT2D eigenvalue weighted by molar-refractivity contribution is 5.85. The average molecular weight is 294 g/mol. The van der Waals surface area contributed by atoms with E-state index in [-0.39, 0.29) is 26.1 Å². The van der Waals surface area contributed by atoms with Crippen molar-refractivity contribution in [1.29, 1.82) is 0 Å². The number of carboxylic acid groups (broad SMARTS) is 1. The van der Waals surface area contributed by atoms with E-state index < -0.39 is 35.9 Å². The normalized spacial score (nSPS) is 31.4. The van der Waals surface area contributed by atoms with Gasteiger partial charge in [0, 0.05) is 19.6 Å². The van der Waals surface area contributed by atoms with Crippen molar-refractivity contribution in [2.45, 2.75) is 25.4 Å². The highest BCUT2D eigenvalue weighted by Crippen LogP contribution is 2.44. The lowest BCUT2D eigenvalue weighted by Gasteiger charge is -2.38. The number of likely N-dealkylation sites (tertiary alicyclic amines) is 1. The van der Waals surface area contributed by atoms with Crippen LogP contribution in [0, 0.1) is 11.3 Å². The van der Waals surface area contributed by atoms with Gasteiger partial charge < -0.3 is 15.3 Å². The van der Waals surface area contributed by atoms with E-state index in [0.29, 0.717) is 12.8 Å². The molecular formula is C12H17F3N2O3. The molecule has 20 heavy (non-hydrogen) atoms. The van der Waals surface area contributed by atoms with Gasteiger partial charge in [-0.25, -0.2) is 0 Å². The fourth-order valence-corrected chi connectivity index (χ4v) is 2.90. The van der Waals surface area contributed by atoms with Crippen molar-refractivity contribution in [3.05, 3.63) is 0 Å². The van der Waals surface area contributed by atoms with Gasteiger partial charge in [-0.3, -0.25) is 9.59 Å². The van der Waals surface area contributed by atoms with Gasteiger partial charge in [0.1, 0.15) is 0 Å². The molecule has 0 aromatic rings. The molecule has 2 aliphatic rings. The minimum absolute atomic E-state index is 0.133. The van der Waals surface area contributed by atoms with Crippen LogP contribution in [0.3, 0.4) is 0 Å². The summed E-state index contributed by atoms with van der Waals surface area (Å²) in [7, 11) is 0. The number of carboxylic acids is 1. The molecule has 0 spiro atoms. The quantitative estimate of drug-likeness (QED) is 0.792. The van der Waals surface area contributed by atoms with Crippen LogP contribution in [0.25, 0.3) is 0 Å². The van der Waals surface area contributed by atoms with E-state index in [2.05, 4.69) is 5.32 Å². The van der Waals surface area contributed by atoms with Crippen LogP contribution >= 0.6 is 0 Å². The second-order valence-electron chi connectivity index (χ2n) is 5.44. The van der Waals surface area contributed by atoms with Gasteiger partial charge >= 0.3 is 12.1 Å². The van der Waals surface area contributed by atoms with Gasteiger partial charge in [0.25, 0.3) is 0 Å². The maximum Gasteiger partial charge on any atom is 0.404 e. The maximum atomic E-state index is 13.3. The predicted octanol–water partition coefficient (Wildman–Crippen LogP) is 0.852. The molecule has 2 fully saturated rings. The summed E-state index contributed by atoms with van der Waals surface area (Å²) in [5, 5.41) is 11.5. The molecule has 1 amide bonds. The standard InChI is InChI=1S/C12H17F3N2O3/c13-12(14,15)11(3-4-16-7-11)10(20)17-5-1-2-8(6-17)9(18)19/h8,16H,1-7H2,(H,18,19). The Bertz CT molecular complexity index is 405. The van der Waals surface area contributed by atoms with Crippen molar-refractivity contribution in [2.24, 2.45) is 11.3 Å². The smallest absolute Gasteiger partial charge is 0.404 e. The number of piperidine rings is 1.